The van der Waals surface area contributed by atoms with E-state index in [0.29, 0.717) is 15.8 Å². The second-order valence-corrected chi connectivity index (χ2v) is 14.5. The minimum Gasteiger partial charge on any atom is -0.481 e. The number of aliphatic hydroxyl groups is 1. The number of aromatic nitrogens is 2. The fourth-order valence-corrected chi connectivity index (χ4v) is 5.67. The fourth-order valence-electron chi connectivity index (χ4n) is 5.67. The summed E-state index contributed by atoms with van der Waals surface area (Å²) in [6.07, 6.45) is -7.67. The number of carboxylic acid groups (broad SMARTS) is 1. The lowest BCUT2D eigenvalue weighted by Crippen LogP contribution is -2.54. The number of amides is 7. The van der Waals surface area contributed by atoms with Crippen molar-refractivity contribution in [3.63, 3.8) is 0 Å². The molecule has 62 heavy (non-hydrogen) atoms. The molecule has 0 spiro atoms. The van der Waals surface area contributed by atoms with Gasteiger partial charge in [0.25, 0.3) is 0 Å². The third-order valence-corrected chi connectivity index (χ3v) is 9.27. The van der Waals surface area contributed by atoms with Gasteiger partial charge in [-0.15, -0.1) is 0 Å². The Morgan fingerprint density at radius 2 is 1.60 bits per heavy atom. The molecule has 1 aromatic heterocycles. The number of nitrogens with two attached hydrogens (primary N) is 2. The molecule has 1 saturated heterocycles. The van der Waals surface area contributed by atoms with Crippen LogP contribution in [0.4, 0.5) is 34.7 Å². The molecular weight excluding hydrogens is 830 g/mol. The van der Waals surface area contributed by atoms with Gasteiger partial charge >= 0.3 is 35.8 Å². The summed E-state index contributed by atoms with van der Waals surface area (Å²) in [6.45, 7) is 2.31. The van der Waals surface area contributed by atoms with E-state index in [2.05, 4.69) is 26.3 Å². The standard InChI is InChI=1S/C37H52F2N10O13/c1-20(2)28(46-26(50)11-12-27(51)52)31(55)44-23(6-5-14-42-33(41)56)30(54)43-22-9-7-21(8-10-22)18-60-35(58)47(3)16-17-48(4)36(59)61-19-24-29(53)37(38,39)32(62-24)49-15-13-25(40)45-34(49)57/h7-10,13,15,20,23-24,28-29,32,53H,5-6,11-12,14,16-19H2,1-4H3,(H,43,54)(H,44,55)(H,46,50)(H,51,52)(H2,40,45,57)(H3,41,42,56)/t23-,24+,28-,29?,32+/m0/s1. The van der Waals surface area contributed by atoms with E-state index >= 15 is 0 Å². The van der Waals surface area contributed by atoms with Crippen molar-refractivity contribution in [1.29, 1.82) is 0 Å². The van der Waals surface area contributed by atoms with Gasteiger partial charge in [0, 0.05) is 52.0 Å². The first-order chi connectivity index (χ1) is 29.1. The lowest BCUT2D eigenvalue weighted by molar-refractivity contribution is -0.141. The molecule has 2 heterocycles. The SMILES string of the molecule is CC(C)[C@H](NC(=O)CCC(=O)O)C(=O)N[C@@H](CCCNC(N)=O)C(=O)Nc1ccc(COC(=O)N(C)CCN(C)C(=O)OC[C@H]2O[C@@H](n3ccc(N)nc3=O)C(F)(F)C2O)cc1. The summed E-state index contributed by atoms with van der Waals surface area (Å²) in [5.41, 5.74) is 10.2. The summed E-state index contributed by atoms with van der Waals surface area (Å²) in [7, 11) is 2.71. The van der Waals surface area contributed by atoms with E-state index in [1.807, 2.05) is 0 Å². The summed E-state index contributed by atoms with van der Waals surface area (Å²) in [5, 5.41) is 29.2. The molecule has 10 N–H and O–H groups in total. The van der Waals surface area contributed by atoms with Crippen LogP contribution in [-0.4, -0.2) is 142 Å². The minimum absolute atomic E-state index is 0.0452. The second-order valence-electron chi connectivity index (χ2n) is 14.5. The highest BCUT2D eigenvalue weighted by atomic mass is 19.3. The number of likely N-dealkylation sites (N-methyl/N-ethyl adjacent to an activating group) is 2. The number of halogens is 2. The molecule has 0 radical (unpaired) electrons. The first-order valence-electron chi connectivity index (χ1n) is 19.2. The van der Waals surface area contributed by atoms with Gasteiger partial charge in [-0.2, -0.15) is 13.8 Å². The summed E-state index contributed by atoms with van der Waals surface area (Å²) in [5.74, 6) is -7.73. The molecule has 1 aliphatic rings. The maximum absolute atomic E-state index is 14.8. The van der Waals surface area contributed by atoms with Crippen molar-refractivity contribution in [2.24, 2.45) is 11.7 Å². The van der Waals surface area contributed by atoms with Crippen LogP contribution in [0.15, 0.2) is 41.3 Å². The average Bonchev–Trinajstić information content (AvgIpc) is 3.43. The van der Waals surface area contributed by atoms with Gasteiger partial charge in [0.15, 0.2) is 6.10 Å². The Labute approximate surface area is 353 Å². The Balaban J connectivity index is 1.49. The molecule has 23 nitrogen and oxygen atoms in total. The molecule has 1 aromatic carbocycles. The van der Waals surface area contributed by atoms with E-state index < -0.39 is 103 Å². The number of carbonyl (C=O) groups excluding carboxylic acids is 6. The van der Waals surface area contributed by atoms with Crippen molar-refractivity contribution in [3.05, 3.63) is 52.6 Å². The monoisotopic (exact) mass is 882 g/mol. The summed E-state index contributed by atoms with van der Waals surface area (Å²) in [6, 6.07) is 4.26. The normalized spacial score (nSPS) is 17.5. The minimum atomic E-state index is -3.95. The lowest BCUT2D eigenvalue weighted by atomic mass is 10.0. The number of hydrogen-bond acceptors (Lipinski definition) is 14. The molecule has 0 bridgehead atoms. The molecule has 0 saturated carbocycles. The number of carbonyl (C=O) groups is 7. The van der Waals surface area contributed by atoms with Crippen LogP contribution in [0.1, 0.15) is 51.3 Å². The largest absolute Gasteiger partial charge is 0.481 e. The van der Waals surface area contributed by atoms with Gasteiger partial charge in [0.05, 0.1) is 6.42 Å². The van der Waals surface area contributed by atoms with Gasteiger partial charge in [-0.1, -0.05) is 26.0 Å². The number of aliphatic carboxylic acids is 1. The zero-order valence-corrected chi connectivity index (χ0v) is 34.4. The first-order valence-corrected chi connectivity index (χ1v) is 19.2. The topological polar surface area (TPSA) is 329 Å². The highest BCUT2D eigenvalue weighted by Crippen LogP contribution is 2.42. The quantitative estimate of drug-likeness (QED) is 0.0761. The van der Waals surface area contributed by atoms with Gasteiger partial charge in [-0.05, 0) is 42.5 Å². The number of carboxylic acids is 1. The van der Waals surface area contributed by atoms with Gasteiger partial charge in [-0.25, -0.2) is 19.2 Å². The number of nitrogens with zero attached hydrogens (tertiary/aromatic N) is 4. The summed E-state index contributed by atoms with van der Waals surface area (Å²) < 4.78 is 45.6. The van der Waals surface area contributed by atoms with Crippen molar-refractivity contribution in [2.75, 3.05) is 51.4 Å². The van der Waals surface area contributed by atoms with Gasteiger partial charge in [0.2, 0.25) is 23.9 Å². The average molecular weight is 883 g/mol. The fraction of sp³-hybridized carbons (Fsp3) is 0.541. The Morgan fingerprint density at radius 3 is 2.18 bits per heavy atom. The molecular formula is C37H52F2N10O13. The van der Waals surface area contributed by atoms with E-state index in [1.165, 1.54) is 26.2 Å². The Bertz CT molecular complexity index is 1970. The number of alkyl halides is 2. The van der Waals surface area contributed by atoms with Crippen LogP contribution < -0.4 is 38.4 Å². The zero-order valence-electron chi connectivity index (χ0n) is 34.4. The highest BCUT2D eigenvalue weighted by molar-refractivity contribution is 5.98. The number of aliphatic hydroxyl groups excluding tert-OH is 1. The number of hydrogen-bond donors (Lipinski definition) is 8. The first kappa shape index (κ1) is 49.7. The number of rotatable bonds is 21. The molecule has 5 atom stereocenters. The van der Waals surface area contributed by atoms with E-state index in [4.69, 9.17) is 30.8 Å². The van der Waals surface area contributed by atoms with Crippen LogP contribution in [0.3, 0.4) is 0 Å². The Kier molecular flexibility index (Phi) is 18.3. The van der Waals surface area contributed by atoms with Gasteiger partial charge in [-0.3, -0.25) is 23.7 Å². The van der Waals surface area contributed by atoms with Gasteiger partial charge < -0.3 is 67.0 Å². The van der Waals surface area contributed by atoms with Crippen LogP contribution in [0.25, 0.3) is 0 Å². The zero-order chi connectivity index (χ0) is 46.3. The third-order valence-electron chi connectivity index (χ3n) is 9.27. The van der Waals surface area contributed by atoms with E-state index in [1.54, 1.807) is 26.0 Å². The van der Waals surface area contributed by atoms with Crippen molar-refractivity contribution >= 4 is 53.4 Å². The number of ether oxygens (including phenoxy) is 3. The summed E-state index contributed by atoms with van der Waals surface area (Å²) >= 11 is 0. The van der Waals surface area contributed by atoms with Crippen molar-refractivity contribution < 1.29 is 66.8 Å². The van der Waals surface area contributed by atoms with E-state index in [0.717, 1.165) is 22.1 Å². The summed E-state index contributed by atoms with van der Waals surface area (Å²) in [4.78, 5) is 104. The molecule has 1 fully saturated rings. The number of nitrogen functional groups attached to an aromatic ring is 1. The maximum atomic E-state index is 14.8. The van der Waals surface area contributed by atoms with Gasteiger partial charge in [0.1, 0.15) is 37.2 Å². The molecule has 1 aliphatic heterocycles. The highest BCUT2D eigenvalue weighted by Gasteiger charge is 2.60. The van der Waals surface area contributed by atoms with Crippen LogP contribution in [0, 0.1) is 5.92 Å². The van der Waals surface area contributed by atoms with Crippen LogP contribution in [-0.2, 0) is 40.0 Å². The molecule has 0 aliphatic carbocycles. The molecule has 1 unspecified atom stereocenters. The van der Waals surface area contributed by atoms with Crippen molar-refractivity contribution in [2.45, 2.75) is 82.6 Å². The Morgan fingerprint density at radius 1 is 0.968 bits per heavy atom. The van der Waals surface area contributed by atoms with E-state index in [-0.39, 0.29) is 51.3 Å². The van der Waals surface area contributed by atoms with Crippen molar-refractivity contribution in [3.8, 4) is 0 Å². The predicted molar refractivity (Wildman–Crippen MR) is 212 cm³/mol. The Hall–Kier alpha value is -6.63. The molecule has 2 aromatic rings. The lowest BCUT2D eigenvalue weighted by Gasteiger charge is -2.25. The molecule has 3 rings (SSSR count). The number of urea groups is 1. The van der Waals surface area contributed by atoms with Crippen LogP contribution in [0.2, 0.25) is 0 Å². The van der Waals surface area contributed by atoms with E-state index in [9.17, 15) is 52.2 Å². The molecule has 25 heteroatoms. The maximum Gasteiger partial charge on any atom is 0.409 e. The number of nitrogens with one attached hydrogen (secondary N) is 4. The van der Waals surface area contributed by atoms with Crippen molar-refractivity contribution in [1.82, 2.24) is 35.3 Å². The predicted octanol–water partition coefficient (Wildman–Crippen LogP) is -0.0665. The number of anilines is 2. The van der Waals surface area contributed by atoms with Crippen LogP contribution in [0.5, 0.6) is 0 Å². The third kappa shape index (κ3) is 14.8. The molecule has 342 valence electrons. The smallest absolute Gasteiger partial charge is 0.409 e. The second kappa shape index (κ2) is 22.8. The van der Waals surface area contributed by atoms with Crippen LogP contribution >= 0.6 is 0 Å². The number of benzene rings is 1. The molecule has 7 amide bonds. The number of primary amides is 1.